The summed E-state index contributed by atoms with van der Waals surface area (Å²) >= 11 is 0. The zero-order valence-corrected chi connectivity index (χ0v) is 15.8. The molecule has 26 heavy (non-hydrogen) atoms. The third-order valence-electron chi connectivity index (χ3n) is 5.52. The molecular weight excluding hydrogens is 320 g/mol. The zero-order chi connectivity index (χ0) is 17.9. The van der Waals surface area contributed by atoms with Crippen LogP contribution in [-0.4, -0.2) is 47.4 Å². The smallest absolute Gasteiger partial charge is 0.100 e. The molecule has 1 aliphatic heterocycles. The number of hydrogen-bond donors (Lipinski definition) is 1. The van der Waals surface area contributed by atoms with Crippen LogP contribution in [0.4, 0.5) is 0 Å². The van der Waals surface area contributed by atoms with E-state index in [0.717, 1.165) is 25.2 Å². The highest BCUT2D eigenvalue weighted by atomic mass is 15.3. The minimum Gasteiger partial charge on any atom is -0.314 e. The van der Waals surface area contributed by atoms with Gasteiger partial charge in [0, 0.05) is 44.2 Å². The molecule has 0 amide bonds. The molecule has 3 aromatic rings. The van der Waals surface area contributed by atoms with E-state index in [9.17, 15) is 0 Å². The maximum atomic E-state index is 4.86. The normalized spacial score (nSPS) is 15.6. The lowest BCUT2D eigenvalue weighted by Crippen LogP contribution is -2.43. The Bertz CT molecular complexity index is 876. The highest BCUT2D eigenvalue weighted by Gasteiger charge is 2.16. The average Bonchev–Trinajstić information content (AvgIpc) is 3.02. The van der Waals surface area contributed by atoms with Crippen molar-refractivity contribution in [1.82, 2.24) is 20.0 Å². The number of rotatable bonds is 5. The Balaban J connectivity index is 1.65. The van der Waals surface area contributed by atoms with Gasteiger partial charge in [0.05, 0.1) is 5.52 Å². The Morgan fingerprint density at radius 3 is 2.58 bits per heavy atom. The second-order valence-corrected chi connectivity index (χ2v) is 7.29. The molecule has 136 valence electrons. The van der Waals surface area contributed by atoms with E-state index >= 15 is 0 Å². The van der Waals surface area contributed by atoms with Gasteiger partial charge in [-0.2, -0.15) is 5.10 Å². The van der Waals surface area contributed by atoms with Crippen LogP contribution in [-0.2, 0) is 13.5 Å². The van der Waals surface area contributed by atoms with Crippen LogP contribution in [0.3, 0.4) is 0 Å². The summed E-state index contributed by atoms with van der Waals surface area (Å²) in [6.45, 7) is 8.00. The van der Waals surface area contributed by atoms with Crippen molar-refractivity contribution in [3.05, 3.63) is 53.6 Å². The van der Waals surface area contributed by atoms with Crippen LogP contribution in [0.1, 0.15) is 17.5 Å². The third-order valence-corrected chi connectivity index (χ3v) is 5.52. The van der Waals surface area contributed by atoms with E-state index in [4.69, 9.17) is 5.10 Å². The van der Waals surface area contributed by atoms with Crippen LogP contribution in [0.25, 0.3) is 22.2 Å². The van der Waals surface area contributed by atoms with Crippen LogP contribution in [0.2, 0.25) is 0 Å². The second kappa shape index (κ2) is 7.60. The first-order chi connectivity index (χ1) is 12.7. The number of nitrogens with zero attached hydrogens (tertiary/aromatic N) is 3. The van der Waals surface area contributed by atoms with Gasteiger partial charge in [0.2, 0.25) is 0 Å². The molecule has 2 aromatic carbocycles. The molecule has 4 heteroatoms. The monoisotopic (exact) mass is 348 g/mol. The first-order valence-corrected chi connectivity index (χ1v) is 9.68. The molecule has 1 saturated heterocycles. The zero-order valence-electron chi connectivity index (χ0n) is 15.8. The summed E-state index contributed by atoms with van der Waals surface area (Å²) in [7, 11) is 2.05. The van der Waals surface area contributed by atoms with Crippen LogP contribution < -0.4 is 5.32 Å². The van der Waals surface area contributed by atoms with Crippen LogP contribution in [0, 0.1) is 6.92 Å². The molecule has 1 fully saturated rings. The largest absolute Gasteiger partial charge is 0.314 e. The first-order valence-electron chi connectivity index (χ1n) is 9.68. The van der Waals surface area contributed by atoms with Crippen molar-refractivity contribution in [1.29, 1.82) is 0 Å². The van der Waals surface area contributed by atoms with Gasteiger partial charge in [0.25, 0.3) is 0 Å². The summed E-state index contributed by atoms with van der Waals surface area (Å²) in [5.41, 5.74) is 6.38. The molecule has 0 saturated carbocycles. The summed E-state index contributed by atoms with van der Waals surface area (Å²) in [5.74, 6) is 0. The summed E-state index contributed by atoms with van der Waals surface area (Å²) in [6, 6.07) is 15.0. The van der Waals surface area contributed by atoms with Gasteiger partial charge in [-0.1, -0.05) is 36.4 Å². The number of piperazine rings is 1. The minimum absolute atomic E-state index is 1.11. The van der Waals surface area contributed by atoms with Crippen LogP contribution in [0.15, 0.2) is 42.5 Å². The number of aromatic nitrogens is 2. The lowest BCUT2D eigenvalue weighted by Gasteiger charge is -2.27. The van der Waals surface area contributed by atoms with Crippen molar-refractivity contribution < 1.29 is 0 Å². The van der Waals surface area contributed by atoms with Crippen molar-refractivity contribution in [3.8, 4) is 11.3 Å². The summed E-state index contributed by atoms with van der Waals surface area (Å²) < 4.78 is 2.02. The summed E-state index contributed by atoms with van der Waals surface area (Å²) in [4.78, 5) is 2.58. The highest BCUT2D eigenvalue weighted by Crippen LogP contribution is 2.32. The topological polar surface area (TPSA) is 33.1 Å². The summed E-state index contributed by atoms with van der Waals surface area (Å²) in [6.07, 6.45) is 2.31. The quantitative estimate of drug-likeness (QED) is 0.767. The van der Waals surface area contributed by atoms with Gasteiger partial charge in [-0.15, -0.1) is 0 Å². The molecule has 0 unspecified atom stereocenters. The Hall–Kier alpha value is -2.17. The molecule has 0 aliphatic carbocycles. The second-order valence-electron chi connectivity index (χ2n) is 7.29. The lowest BCUT2D eigenvalue weighted by molar-refractivity contribution is 0.238. The fourth-order valence-electron chi connectivity index (χ4n) is 4.06. The molecule has 0 spiro atoms. The van der Waals surface area contributed by atoms with Gasteiger partial charge < -0.3 is 10.2 Å². The Morgan fingerprint density at radius 1 is 1.04 bits per heavy atom. The maximum absolute atomic E-state index is 4.86. The van der Waals surface area contributed by atoms with E-state index in [0.29, 0.717) is 0 Å². The lowest BCUT2D eigenvalue weighted by atomic mass is 9.96. The van der Waals surface area contributed by atoms with E-state index in [1.165, 1.54) is 53.6 Å². The standard InChI is InChI=1S/C22H28N4/c1-17-10-11-20-21(19(17)9-6-14-26-15-12-23-13-16-26)22(24-25(20)2)18-7-4-3-5-8-18/h3-5,7-8,10-11,23H,6,9,12-16H2,1-2H3. The molecule has 0 atom stereocenters. The molecule has 1 aliphatic rings. The number of aryl methyl sites for hydroxylation is 3. The van der Waals surface area contributed by atoms with E-state index in [2.05, 4.69) is 66.7 Å². The van der Waals surface area contributed by atoms with Gasteiger partial charge >= 0.3 is 0 Å². The Morgan fingerprint density at radius 2 is 1.81 bits per heavy atom. The maximum Gasteiger partial charge on any atom is 0.100 e. The van der Waals surface area contributed by atoms with E-state index in [1.807, 2.05) is 4.68 Å². The predicted molar refractivity (Wildman–Crippen MR) is 109 cm³/mol. The van der Waals surface area contributed by atoms with Gasteiger partial charge in [0.15, 0.2) is 0 Å². The Kier molecular flexibility index (Phi) is 5.05. The number of benzene rings is 2. The molecule has 0 bridgehead atoms. The number of hydrogen-bond acceptors (Lipinski definition) is 3. The van der Waals surface area contributed by atoms with Gasteiger partial charge in [0.1, 0.15) is 5.69 Å². The number of fused-ring (bicyclic) bond motifs is 1. The van der Waals surface area contributed by atoms with Crippen molar-refractivity contribution >= 4 is 10.9 Å². The molecule has 1 N–H and O–H groups in total. The highest BCUT2D eigenvalue weighted by molar-refractivity contribution is 5.96. The van der Waals surface area contributed by atoms with Crippen molar-refractivity contribution in [2.24, 2.45) is 7.05 Å². The van der Waals surface area contributed by atoms with Crippen LogP contribution in [0.5, 0.6) is 0 Å². The SMILES string of the molecule is Cc1ccc2c(c(-c3ccccc3)nn2C)c1CCCN1CCNCC1. The first kappa shape index (κ1) is 17.3. The summed E-state index contributed by atoms with van der Waals surface area (Å²) in [5, 5.41) is 9.62. The van der Waals surface area contributed by atoms with Gasteiger partial charge in [-0.25, -0.2) is 0 Å². The van der Waals surface area contributed by atoms with Crippen molar-refractivity contribution in [2.75, 3.05) is 32.7 Å². The van der Waals surface area contributed by atoms with Gasteiger partial charge in [-0.3, -0.25) is 4.68 Å². The van der Waals surface area contributed by atoms with Crippen LogP contribution >= 0.6 is 0 Å². The molecule has 2 heterocycles. The van der Waals surface area contributed by atoms with E-state index in [1.54, 1.807) is 0 Å². The number of nitrogens with one attached hydrogen (secondary N) is 1. The fraction of sp³-hybridized carbons (Fsp3) is 0.409. The van der Waals surface area contributed by atoms with Gasteiger partial charge in [-0.05, 0) is 43.5 Å². The van der Waals surface area contributed by atoms with E-state index < -0.39 is 0 Å². The average molecular weight is 348 g/mol. The van der Waals surface area contributed by atoms with E-state index in [-0.39, 0.29) is 0 Å². The minimum atomic E-state index is 1.11. The molecule has 4 nitrogen and oxygen atoms in total. The predicted octanol–water partition coefficient (Wildman–Crippen LogP) is 3.39. The molecule has 4 rings (SSSR count). The molecular formula is C22H28N4. The molecule has 1 aromatic heterocycles. The van der Waals surface area contributed by atoms with Crippen molar-refractivity contribution in [2.45, 2.75) is 19.8 Å². The fourth-order valence-corrected chi connectivity index (χ4v) is 4.06. The Labute approximate surface area is 155 Å². The van der Waals surface area contributed by atoms with Crippen molar-refractivity contribution in [3.63, 3.8) is 0 Å². The molecule has 0 radical (unpaired) electrons. The third kappa shape index (κ3) is 3.39.